The second-order valence-electron chi connectivity index (χ2n) is 6.22. The molecule has 5 nitrogen and oxygen atoms in total. The van der Waals surface area contributed by atoms with Crippen molar-refractivity contribution in [3.63, 3.8) is 0 Å². The van der Waals surface area contributed by atoms with E-state index in [1.807, 2.05) is 13.8 Å². The van der Waals surface area contributed by atoms with E-state index < -0.39 is 0 Å². The third-order valence-corrected chi connectivity index (χ3v) is 4.96. The zero-order valence-electron chi connectivity index (χ0n) is 12.2. The van der Waals surface area contributed by atoms with Crippen LogP contribution in [-0.2, 0) is 23.8 Å². The number of fused-ring (bicyclic) bond motifs is 3. The van der Waals surface area contributed by atoms with E-state index in [0.717, 1.165) is 12.8 Å². The highest BCUT2D eigenvalue weighted by molar-refractivity contribution is 5.81. The smallest absolute Gasteiger partial charge is 0.312 e. The van der Waals surface area contributed by atoms with E-state index in [2.05, 4.69) is 6.92 Å². The van der Waals surface area contributed by atoms with Crippen LogP contribution in [-0.4, -0.2) is 36.9 Å². The first-order chi connectivity index (χ1) is 9.56. The number of cyclic esters (lactones) is 1. The molecule has 7 atom stereocenters. The minimum Gasteiger partial charge on any atom is -0.465 e. The molecule has 2 aliphatic heterocycles. The van der Waals surface area contributed by atoms with Crippen molar-refractivity contribution >= 4 is 11.9 Å². The Hall–Kier alpha value is -1.10. The van der Waals surface area contributed by atoms with E-state index in [-0.39, 0.29) is 53.9 Å². The van der Waals surface area contributed by atoms with Crippen LogP contribution in [0.15, 0.2) is 0 Å². The molecule has 0 aromatic rings. The molecule has 0 N–H and O–H groups in total. The van der Waals surface area contributed by atoms with Gasteiger partial charge >= 0.3 is 11.9 Å². The summed E-state index contributed by atoms with van der Waals surface area (Å²) in [7, 11) is 0. The summed E-state index contributed by atoms with van der Waals surface area (Å²) in [4.78, 5) is 24.3. The van der Waals surface area contributed by atoms with Gasteiger partial charge in [-0.2, -0.15) is 0 Å². The topological polar surface area (TPSA) is 65.1 Å². The quantitative estimate of drug-likeness (QED) is 0.444. The Balaban J connectivity index is 1.77. The van der Waals surface area contributed by atoms with Crippen molar-refractivity contribution in [1.29, 1.82) is 0 Å². The van der Waals surface area contributed by atoms with Crippen molar-refractivity contribution in [2.45, 2.75) is 51.9 Å². The van der Waals surface area contributed by atoms with Crippen LogP contribution in [0, 0.1) is 23.7 Å². The van der Waals surface area contributed by atoms with Crippen LogP contribution in [0.5, 0.6) is 0 Å². The van der Waals surface area contributed by atoms with Crippen LogP contribution in [0.4, 0.5) is 0 Å². The number of carbonyl (C=O) groups is 2. The van der Waals surface area contributed by atoms with E-state index in [1.54, 1.807) is 0 Å². The summed E-state index contributed by atoms with van der Waals surface area (Å²) >= 11 is 0. The zero-order chi connectivity index (χ0) is 14.4. The highest BCUT2D eigenvalue weighted by Crippen LogP contribution is 2.54. The molecule has 0 aromatic heterocycles. The maximum absolute atomic E-state index is 12.4. The summed E-state index contributed by atoms with van der Waals surface area (Å²) in [5, 5.41) is 0. The predicted octanol–water partition coefficient (Wildman–Crippen LogP) is 1.54. The van der Waals surface area contributed by atoms with Gasteiger partial charge in [0.1, 0.15) is 6.10 Å². The molecule has 3 fully saturated rings. The fourth-order valence-corrected chi connectivity index (χ4v) is 3.85. The minimum absolute atomic E-state index is 0.0119. The molecule has 1 unspecified atom stereocenters. The SMILES string of the molecule is CCCCOC(=O)[C@@H]1[C@H]2[C@H](C(=O)O[C@@H]2C)[C@H]2OC2[C@H]1C. The van der Waals surface area contributed by atoms with Crippen molar-refractivity contribution in [2.24, 2.45) is 23.7 Å². The Morgan fingerprint density at radius 3 is 2.75 bits per heavy atom. The fourth-order valence-electron chi connectivity index (χ4n) is 3.85. The van der Waals surface area contributed by atoms with Crippen LogP contribution in [0.1, 0.15) is 33.6 Å². The molecule has 0 aromatic carbocycles. The highest BCUT2D eigenvalue weighted by atomic mass is 16.6. The van der Waals surface area contributed by atoms with Gasteiger partial charge in [0.05, 0.1) is 30.7 Å². The average Bonchev–Trinajstić information content (AvgIpc) is 3.13. The number of ether oxygens (including phenoxy) is 3. The lowest BCUT2D eigenvalue weighted by atomic mass is 9.66. The van der Waals surface area contributed by atoms with E-state index >= 15 is 0 Å². The molecule has 112 valence electrons. The molecule has 5 heteroatoms. The van der Waals surface area contributed by atoms with Gasteiger partial charge in [-0.1, -0.05) is 20.3 Å². The summed E-state index contributed by atoms with van der Waals surface area (Å²) in [6.45, 7) is 6.39. The largest absolute Gasteiger partial charge is 0.465 e. The third kappa shape index (κ3) is 2.03. The first-order valence-corrected chi connectivity index (χ1v) is 7.58. The monoisotopic (exact) mass is 282 g/mol. The molecule has 0 radical (unpaired) electrons. The number of carbonyl (C=O) groups excluding carboxylic acids is 2. The summed E-state index contributed by atoms with van der Waals surface area (Å²) in [6, 6.07) is 0. The van der Waals surface area contributed by atoms with Gasteiger partial charge in [0.15, 0.2) is 0 Å². The Kier molecular flexibility index (Phi) is 3.48. The minimum atomic E-state index is -0.290. The Morgan fingerprint density at radius 2 is 2.05 bits per heavy atom. The third-order valence-electron chi connectivity index (χ3n) is 4.96. The van der Waals surface area contributed by atoms with Gasteiger partial charge in [-0.05, 0) is 19.3 Å². The van der Waals surface area contributed by atoms with Crippen LogP contribution in [0.3, 0.4) is 0 Å². The molecule has 0 spiro atoms. The molecular weight excluding hydrogens is 260 g/mol. The molecule has 0 bridgehead atoms. The number of esters is 2. The van der Waals surface area contributed by atoms with Gasteiger partial charge in [0, 0.05) is 5.92 Å². The molecule has 3 aliphatic rings. The molecule has 2 heterocycles. The highest BCUT2D eigenvalue weighted by Gasteiger charge is 2.67. The van der Waals surface area contributed by atoms with Crippen molar-refractivity contribution in [1.82, 2.24) is 0 Å². The van der Waals surface area contributed by atoms with Crippen molar-refractivity contribution in [3.8, 4) is 0 Å². The van der Waals surface area contributed by atoms with Gasteiger partial charge in [0.2, 0.25) is 0 Å². The lowest BCUT2D eigenvalue weighted by molar-refractivity contribution is -0.155. The average molecular weight is 282 g/mol. The van der Waals surface area contributed by atoms with E-state index in [4.69, 9.17) is 14.2 Å². The van der Waals surface area contributed by atoms with Gasteiger partial charge in [-0.15, -0.1) is 0 Å². The standard InChI is InChI=1S/C15H22O5/c1-4-5-6-18-14(16)9-7(2)12-13(20-12)11-10(9)8(3)19-15(11)17/h7-13H,4-6H2,1-3H3/t7-,8+,9-,10-,11-,12?,13+/m0/s1. The summed E-state index contributed by atoms with van der Waals surface area (Å²) in [6.07, 6.45) is 1.59. The van der Waals surface area contributed by atoms with Crippen LogP contribution >= 0.6 is 0 Å². The van der Waals surface area contributed by atoms with Crippen LogP contribution in [0.25, 0.3) is 0 Å². The van der Waals surface area contributed by atoms with Gasteiger partial charge in [-0.25, -0.2) is 0 Å². The summed E-state index contributed by atoms with van der Waals surface area (Å²) in [5.41, 5.74) is 0. The maximum Gasteiger partial charge on any atom is 0.312 e. The Morgan fingerprint density at radius 1 is 1.30 bits per heavy atom. The Bertz CT molecular complexity index is 420. The molecular formula is C15H22O5. The number of rotatable bonds is 4. The number of hydrogen-bond acceptors (Lipinski definition) is 5. The van der Waals surface area contributed by atoms with Crippen molar-refractivity contribution in [2.75, 3.05) is 6.61 Å². The van der Waals surface area contributed by atoms with Gasteiger partial charge in [0.25, 0.3) is 0 Å². The van der Waals surface area contributed by atoms with E-state index in [9.17, 15) is 9.59 Å². The van der Waals surface area contributed by atoms with E-state index in [1.165, 1.54) is 0 Å². The molecule has 2 saturated heterocycles. The normalized spacial score (nSPS) is 45.4. The number of hydrogen-bond donors (Lipinski definition) is 0. The first kappa shape index (κ1) is 13.9. The summed E-state index contributed by atoms with van der Waals surface area (Å²) in [5.74, 6) is -0.993. The van der Waals surface area contributed by atoms with Crippen LogP contribution < -0.4 is 0 Å². The second kappa shape index (κ2) is 5.02. The molecule has 0 amide bonds. The van der Waals surface area contributed by atoms with Crippen LogP contribution in [0.2, 0.25) is 0 Å². The lowest BCUT2D eigenvalue weighted by Crippen LogP contribution is -2.45. The maximum atomic E-state index is 12.4. The molecule has 20 heavy (non-hydrogen) atoms. The van der Waals surface area contributed by atoms with Crippen molar-refractivity contribution in [3.05, 3.63) is 0 Å². The molecule has 1 saturated carbocycles. The fraction of sp³-hybridized carbons (Fsp3) is 0.867. The predicted molar refractivity (Wildman–Crippen MR) is 69.7 cm³/mol. The first-order valence-electron chi connectivity index (χ1n) is 7.58. The van der Waals surface area contributed by atoms with Gasteiger partial charge in [-0.3, -0.25) is 9.59 Å². The lowest BCUT2D eigenvalue weighted by Gasteiger charge is -2.33. The Labute approximate surface area is 118 Å². The second-order valence-corrected chi connectivity index (χ2v) is 6.22. The van der Waals surface area contributed by atoms with Crippen molar-refractivity contribution < 1.29 is 23.8 Å². The zero-order valence-corrected chi connectivity index (χ0v) is 12.2. The summed E-state index contributed by atoms with van der Waals surface area (Å²) < 4.78 is 16.3. The molecule has 3 rings (SSSR count). The number of epoxide rings is 1. The molecule has 1 aliphatic carbocycles. The van der Waals surface area contributed by atoms with Gasteiger partial charge < -0.3 is 14.2 Å². The van der Waals surface area contributed by atoms with E-state index in [0.29, 0.717) is 6.61 Å². The number of unbranched alkanes of at least 4 members (excludes halogenated alkanes) is 1.